The Morgan fingerprint density at radius 2 is 1.39 bits per heavy atom. The molecule has 0 heterocycles. The van der Waals surface area contributed by atoms with Crippen LogP contribution in [0.25, 0.3) is 10.8 Å². The lowest BCUT2D eigenvalue weighted by Crippen LogP contribution is -2.44. The Balaban J connectivity index is 1.72. The summed E-state index contributed by atoms with van der Waals surface area (Å²) in [5.74, 6) is 0. The zero-order valence-corrected chi connectivity index (χ0v) is 20.9. The molecule has 0 saturated carbocycles. The summed E-state index contributed by atoms with van der Waals surface area (Å²) in [6, 6.07) is 32.6. The molecule has 0 bridgehead atoms. The molecule has 4 aromatic rings. The number of benzene rings is 4. The molecule has 31 heavy (non-hydrogen) atoms. The minimum Gasteiger partial charge on any atom is -0.403 e. The van der Waals surface area contributed by atoms with Crippen molar-refractivity contribution in [3.05, 3.63) is 108 Å². The maximum absolute atomic E-state index is 6.73. The predicted molar refractivity (Wildman–Crippen MR) is 138 cm³/mol. The molecule has 0 unspecified atom stereocenters. The second-order valence-electron chi connectivity index (χ2n) is 8.87. The lowest BCUT2D eigenvalue weighted by molar-refractivity contribution is 0.322. The van der Waals surface area contributed by atoms with Crippen molar-refractivity contribution in [2.45, 2.75) is 38.1 Å². The standard InChI is InChI=1S/C28H28BrOSi/c1-28(2,3)23-16-17-26-21(18-23)14-15-22(19-29)27(26)20-30-31(24-10-6-4-7-11-24)25-12-8-5-9-13-25/h4-18H,19-20H2,1-3H3. The molecular formula is C28H28BrOSi. The van der Waals surface area contributed by atoms with Gasteiger partial charge in [0.05, 0.1) is 6.61 Å². The normalized spacial score (nSPS) is 11.9. The van der Waals surface area contributed by atoms with E-state index in [-0.39, 0.29) is 5.41 Å². The van der Waals surface area contributed by atoms with Gasteiger partial charge in [-0.3, -0.25) is 0 Å². The SMILES string of the molecule is CC(C)(C)c1ccc2c(CO[Si](c3ccccc3)c3ccccc3)c(CBr)ccc2c1. The fourth-order valence-electron chi connectivity index (χ4n) is 3.86. The van der Waals surface area contributed by atoms with Crippen LogP contribution in [0, 0.1) is 0 Å². The van der Waals surface area contributed by atoms with Gasteiger partial charge in [0, 0.05) is 5.33 Å². The molecule has 1 nitrogen and oxygen atoms in total. The van der Waals surface area contributed by atoms with E-state index in [1.165, 1.54) is 37.8 Å². The summed E-state index contributed by atoms with van der Waals surface area (Å²) in [4.78, 5) is 0. The van der Waals surface area contributed by atoms with Crippen LogP contribution in [-0.4, -0.2) is 9.04 Å². The quantitative estimate of drug-likeness (QED) is 0.227. The number of rotatable bonds is 6. The van der Waals surface area contributed by atoms with Crippen molar-refractivity contribution in [2.75, 3.05) is 0 Å². The van der Waals surface area contributed by atoms with E-state index in [9.17, 15) is 0 Å². The third-order valence-electron chi connectivity index (χ3n) is 5.67. The van der Waals surface area contributed by atoms with E-state index in [0.29, 0.717) is 6.61 Å². The van der Waals surface area contributed by atoms with Crippen LogP contribution >= 0.6 is 15.9 Å². The van der Waals surface area contributed by atoms with Crippen molar-refractivity contribution in [3.63, 3.8) is 0 Å². The molecule has 0 atom stereocenters. The van der Waals surface area contributed by atoms with Crippen molar-refractivity contribution in [1.82, 2.24) is 0 Å². The average Bonchev–Trinajstić information content (AvgIpc) is 2.79. The first-order chi connectivity index (χ1) is 15.0. The van der Waals surface area contributed by atoms with Crippen LogP contribution in [0.4, 0.5) is 0 Å². The molecule has 0 aliphatic heterocycles. The van der Waals surface area contributed by atoms with Gasteiger partial charge in [-0.15, -0.1) is 0 Å². The second kappa shape index (κ2) is 9.52. The Hall–Kier alpha value is -2.20. The van der Waals surface area contributed by atoms with E-state index in [4.69, 9.17) is 4.43 Å². The number of alkyl halides is 1. The monoisotopic (exact) mass is 487 g/mol. The zero-order valence-electron chi connectivity index (χ0n) is 18.4. The van der Waals surface area contributed by atoms with Crippen molar-refractivity contribution in [2.24, 2.45) is 0 Å². The highest BCUT2D eigenvalue weighted by Gasteiger charge is 2.21. The zero-order chi connectivity index (χ0) is 21.8. The van der Waals surface area contributed by atoms with E-state index in [1.54, 1.807) is 0 Å². The fraction of sp³-hybridized carbons (Fsp3) is 0.214. The van der Waals surface area contributed by atoms with Crippen LogP contribution in [0.2, 0.25) is 0 Å². The van der Waals surface area contributed by atoms with E-state index in [2.05, 4.69) is 128 Å². The highest BCUT2D eigenvalue weighted by Crippen LogP contribution is 2.30. The lowest BCUT2D eigenvalue weighted by Gasteiger charge is -2.21. The van der Waals surface area contributed by atoms with Crippen LogP contribution < -0.4 is 10.4 Å². The summed E-state index contributed by atoms with van der Waals surface area (Å²) in [6.45, 7) is 7.39. The molecular weight excluding hydrogens is 460 g/mol. The average molecular weight is 489 g/mol. The Bertz CT molecular complexity index is 1110. The third-order valence-corrected chi connectivity index (χ3v) is 8.42. The van der Waals surface area contributed by atoms with E-state index in [0.717, 1.165) is 5.33 Å². The van der Waals surface area contributed by atoms with Crippen LogP contribution in [-0.2, 0) is 21.8 Å². The van der Waals surface area contributed by atoms with Gasteiger partial charge in [-0.1, -0.05) is 128 Å². The van der Waals surface area contributed by atoms with Gasteiger partial charge in [0.1, 0.15) is 0 Å². The molecule has 0 fully saturated rings. The minimum absolute atomic E-state index is 0.135. The fourth-order valence-corrected chi connectivity index (χ4v) is 6.33. The molecule has 3 heteroatoms. The number of hydrogen-bond acceptors (Lipinski definition) is 1. The Kier molecular flexibility index (Phi) is 6.76. The summed E-state index contributed by atoms with van der Waals surface area (Å²) in [7, 11) is -1.34. The lowest BCUT2D eigenvalue weighted by atomic mass is 9.85. The van der Waals surface area contributed by atoms with Crippen molar-refractivity contribution in [3.8, 4) is 0 Å². The van der Waals surface area contributed by atoms with Gasteiger partial charge >= 0.3 is 0 Å². The molecule has 4 aromatic carbocycles. The highest BCUT2D eigenvalue weighted by molar-refractivity contribution is 9.08. The van der Waals surface area contributed by atoms with Gasteiger partial charge in [-0.2, -0.15) is 0 Å². The maximum atomic E-state index is 6.73. The number of fused-ring (bicyclic) bond motifs is 1. The van der Waals surface area contributed by atoms with Crippen LogP contribution in [0.1, 0.15) is 37.5 Å². The molecule has 157 valence electrons. The maximum Gasteiger partial charge on any atom is 0.283 e. The molecule has 0 saturated heterocycles. The van der Waals surface area contributed by atoms with Gasteiger partial charge in [-0.05, 0) is 43.3 Å². The second-order valence-corrected chi connectivity index (χ2v) is 11.5. The molecule has 1 radical (unpaired) electrons. The summed E-state index contributed by atoms with van der Waals surface area (Å²) in [5, 5.41) is 5.93. The number of hydrogen-bond donors (Lipinski definition) is 0. The minimum atomic E-state index is -1.34. The third kappa shape index (κ3) is 5.00. The van der Waals surface area contributed by atoms with Crippen LogP contribution in [0.3, 0.4) is 0 Å². The Morgan fingerprint density at radius 1 is 0.774 bits per heavy atom. The molecule has 0 aromatic heterocycles. The van der Waals surface area contributed by atoms with Crippen molar-refractivity contribution < 1.29 is 4.43 Å². The largest absolute Gasteiger partial charge is 0.403 e. The van der Waals surface area contributed by atoms with E-state index >= 15 is 0 Å². The van der Waals surface area contributed by atoms with Crippen LogP contribution in [0.5, 0.6) is 0 Å². The Labute approximate surface area is 195 Å². The first-order valence-electron chi connectivity index (χ1n) is 10.7. The van der Waals surface area contributed by atoms with Crippen LogP contribution in [0.15, 0.2) is 91.0 Å². The van der Waals surface area contributed by atoms with Crippen molar-refractivity contribution in [1.29, 1.82) is 0 Å². The van der Waals surface area contributed by atoms with E-state index < -0.39 is 9.04 Å². The summed E-state index contributed by atoms with van der Waals surface area (Å²) in [5.41, 5.74) is 4.06. The molecule has 0 amide bonds. The molecule has 4 rings (SSSR count). The predicted octanol–water partition coefficient (Wildman–Crippen LogP) is 6.35. The van der Waals surface area contributed by atoms with Gasteiger partial charge in [0.25, 0.3) is 9.04 Å². The van der Waals surface area contributed by atoms with Gasteiger partial charge in [-0.25, -0.2) is 0 Å². The van der Waals surface area contributed by atoms with Crippen molar-refractivity contribution >= 4 is 46.1 Å². The Morgan fingerprint density at radius 3 is 1.94 bits per heavy atom. The van der Waals surface area contributed by atoms with Gasteiger partial charge in [0.2, 0.25) is 0 Å². The smallest absolute Gasteiger partial charge is 0.283 e. The van der Waals surface area contributed by atoms with Gasteiger partial charge in [0.15, 0.2) is 0 Å². The summed E-state index contributed by atoms with van der Waals surface area (Å²) in [6.07, 6.45) is 0. The first kappa shape index (κ1) is 22.0. The molecule has 0 N–H and O–H groups in total. The van der Waals surface area contributed by atoms with E-state index in [1.807, 2.05) is 0 Å². The molecule has 0 aliphatic carbocycles. The van der Waals surface area contributed by atoms with Gasteiger partial charge < -0.3 is 4.43 Å². The number of halogens is 1. The first-order valence-corrected chi connectivity index (χ1v) is 13.2. The summed E-state index contributed by atoms with van der Waals surface area (Å²) >= 11 is 3.69. The topological polar surface area (TPSA) is 9.23 Å². The summed E-state index contributed by atoms with van der Waals surface area (Å²) < 4.78 is 6.73. The molecule has 0 aliphatic rings. The highest BCUT2D eigenvalue weighted by atomic mass is 79.9. The molecule has 0 spiro atoms.